The Morgan fingerprint density at radius 1 is 1.06 bits per heavy atom. The van der Waals surface area contributed by atoms with Crippen LogP contribution >= 0.6 is 0 Å². The van der Waals surface area contributed by atoms with Gasteiger partial charge in [0.05, 0.1) is 25.3 Å². The van der Waals surface area contributed by atoms with Crippen molar-refractivity contribution >= 4 is 11.8 Å². The number of amides is 2. The molecule has 4 rings (SSSR count). The third-order valence-electron chi connectivity index (χ3n) is 6.26. The normalized spacial score (nSPS) is 18.8. The van der Waals surface area contributed by atoms with Gasteiger partial charge in [-0.15, -0.1) is 5.10 Å². The van der Waals surface area contributed by atoms with Crippen molar-refractivity contribution in [2.75, 3.05) is 6.54 Å². The average Bonchev–Trinajstić information content (AvgIpc) is 3.51. The fourth-order valence-corrected chi connectivity index (χ4v) is 4.33. The molecule has 1 unspecified atom stereocenters. The molecule has 3 aromatic rings. The largest absolute Gasteiger partial charge is 0.343 e. The maximum absolute atomic E-state index is 14.4. The highest BCUT2D eigenvalue weighted by Gasteiger charge is 2.40. The van der Waals surface area contributed by atoms with E-state index < -0.39 is 18.3 Å². The van der Waals surface area contributed by atoms with Crippen LogP contribution in [0.15, 0.2) is 67.0 Å². The number of benzene rings is 2. The van der Waals surface area contributed by atoms with Crippen LogP contribution in [0.2, 0.25) is 0 Å². The number of alkyl halides is 1. The van der Waals surface area contributed by atoms with Gasteiger partial charge in [-0.1, -0.05) is 73.7 Å². The van der Waals surface area contributed by atoms with E-state index in [1.54, 1.807) is 10.9 Å². The van der Waals surface area contributed by atoms with Crippen molar-refractivity contribution in [3.05, 3.63) is 83.7 Å². The van der Waals surface area contributed by atoms with E-state index in [0.717, 1.165) is 11.1 Å². The Morgan fingerprint density at radius 2 is 1.74 bits per heavy atom. The SMILES string of the molecule is CC(C)c1ccc([C@@H](NC(=O)C2C[C@@H](F)CN2C(=O)CCn2ccnn2)c2ccccc2)cc1. The summed E-state index contributed by atoms with van der Waals surface area (Å²) in [5.41, 5.74) is 3.07. The van der Waals surface area contributed by atoms with Crippen LogP contribution in [0.5, 0.6) is 0 Å². The highest BCUT2D eigenvalue weighted by atomic mass is 19.1. The van der Waals surface area contributed by atoms with Gasteiger partial charge in [-0.3, -0.25) is 14.3 Å². The molecule has 2 amide bonds. The van der Waals surface area contributed by atoms with E-state index in [-0.39, 0.29) is 31.2 Å². The van der Waals surface area contributed by atoms with Crippen LogP contribution in [0.1, 0.15) is 55.3 Å². The average molecular weight is 464 g/mol. The molecule has 1 aromatic heterocycles. The van der Waals surface area contributed by atoms with Crippen LogP contribution in [0.3, 0.4) is 0 Å². The molecule has 1 saturated heterocycles. The molecule has 34 heavy (non-hydrogen) atoms. The summed E-state index contributed by atoms with van der Waals surface area (Å²) in [5, 5.41) is 10.7. The van der Waals surface area contributed by atoms with Crippen molar-refractivity contribution < 1.29 is 14.0 Å². The number of carbonyl (C=O) groups is 2. The van der Waals surface area contributed by atoms with Gasteiger partial charge in [0.1, 0.15) is 12.2 Å². The Kier molecular flexibility index (Phi) is 7.35. The standard InChI is InChI=1S/C26H30FN5O2/c1-18(2)19-8-10-21(11-9-19)25(20-6-4-3-5-7-20)29-26(34)23-16-22(27)17-32(23)24(33)12-14-31-15-13-28-30-31/h3-11,13,15,18,22-23,25H,12,14,16-17H2,1-2H3,(H,29,34)/t22-,23?,25+/m1/s1. The zero-order valence-corrected chi connectivity index (χ0v) is 19.5. The summed E-state index contributed by atoms with van der Waals surface area (Å²) >= 11 is 0. The summed E-state index contributed by atoms with van der Waals surface area (Å²) in [6.07, 6.45) is 2.08. The van der Waals surface area contributed by atoms with Gasteiger partial charge in [0.25, 0.3) is 0 Å². The molecule has 0 radical (unpaired) electrons. The molecule has 1 fully saturated rings. The first-order valence-electron chi connectivity index (χ1n) is 11.6. The zero-order valence-electron chi connectivity index (χ0n) is 19.5. The van der Waals surface area contributed by atoms with E-state index >= 15 is 0 Å². The second kappa shape index (κ2) is 10.6. The van der Waals surface area contributed by atoms with E-state index in [2.05, 4.69) is 41.6 Å². The fourth-order valence-electron chi connectivity index (χ4n) is 4.33. The second-order valence-corrected chi connectivity index (χ2v) is 8.98. The number of carbonyl (C=O) groups excluding carboxylic acids is 2. The maximum atomic E-state index is 14.4. The van der Waals surface area contributed by atoms with Crippen molar-refractivity contribution in [3.63, 3.8) is 0 Å². The molecule has 7 nitrogen and oxygen atoms in total. The van der Waals surface area contributed by atoms with E-state index in [9.17, 15) is 14.0 Å². The lowest BCUT2D eigenvalue weighted by Crippen LogP contribution is -2.47. The zero-order chi connectivity index (χ0) is 24.1. The predicted octanol–water partition coefficient (Wildman–Crippen LogP) is 3.64. The quantitative estimate of drug-likeness (QED) is 0.553. The number of aromatic nitrogens is 3. The molecular formula is C26H30FN5O2. The molecule has 2 aromatic carbocycles. The first-order valence-corrected chi connectivity index (χ1v) is 11.6. The summed E-state index contributed by atoms with van der Waals surface area (Å²) in [6, 6.07) is 16.6. The third-order valence-corrected chi connectivity index (χ3v) is 6.26. The van der Waals surface area contributed by atoms with Gasteiger partial charge in [0, 0.05) is 19.0 Å². The minimum absolute atomic E-state index is 0.00526. The lowest BCUT2D eigenvalue weighted by Gasteiger charge is -2.27. The van der Waals surface area contributed by atoms with Gasteiger partial charge in [0.2, 0.25) is 11.8 Å². The van der Waals surface area contributed by atoms with Crippen LogP contribution < -0.4 is 5.32 Å². The molecular weight excluding hydrogens is 433 g/mol. The van der Waals surface area contributed by atoms with Crippen molar-refractivity contribution in [1.29, 1.82) is 0 Å². The Balaban J connectivity index is 1.52. The van der Waals surface area contributed by atoms with Gasteiger partial charge in [-0.2, -0.15) is 0 Å². The third kappa shape index (κ3) is 5.50. The highest BCUT2D eigenvalue weighted by molar-refractivity contribution is 5.89. The number of rotatable bonds is 8. The molecule has 0 aliphatic carbocycles. The molecule has 0 saturated carbocycles. The monoisotopic (exact) mass is 463 g/mol. The van der Waals surface area contributed by atoms with Crippen LogP contribution in [0, 0.1) is 0 Å². The highest BCUT2D eigenvalue weighted by Crippen LogP contribution is 2.27. The van der Waals surface area contributed by atoms with Crippen LogP contribution in [0.4, 0.5) is 4.39 Å². The lowest BCUT2D eigenvalue weighted by atomic mass is 9.95. The van der Waals surface area contributed by atoms with E-state index in [0.29, 0.717) is 12.5 Å². The minimum Gasteiger partial charge on any atom is -0.343 e. The van der Waals surface area contributed by atoms with Crippen molar-refractivity contribution in [2.45, 2.75) is 57.4 Å². The smallest absolute Gasteiger partial charge is 0.243 e. The number of hydrogen-bond donors (Lipinski definition) is 1. The Hall–Kier alpha value is -3.55. The Labute approximate surface area is 199 Å². The summed E-state index contributed by atoms with van der Waals surface area (Å²) < 4.78 is 15.9. The van der Waals surface area contributed by atoms with Gasteiger partial charge in [-0.25, -0.2) is 4.39 Å². The van der Waals surface area contributed by atoms with Crippen molar-refractivity contribution in [2.24, 2.45) is 0 Å². The van der Waals surface area contributed by atoms with Gasteiger partial charge < -0.3 is 10.2 Å². The second-order valence-electron chi connectivity index (χ2n) is 8.98. The van der Waals surface area contributed by atoms with Gasteiger partial charge in [0.15, 0.2) is 0 Å². The summed E-state index contributed by atoms with van der Waals surface area (Å²) in [6.45, 7) is 4.52. The number of aryl methyl sites for hydroxylation is 1. The first kappa shape index (κ1) is 23.6. The molecule has 0 bridgehead atoms. The minimum atomic E-state index is -1.23. The molecule has 1 N–H and O–H groups in total. The topological polar surface area (TPSA) is 80.1 Å². The Bertz CT molecular complexity index is 1090. The summed E-state index contributed by atoms with van der Waals surface area (Å²) in [7, 11) is 0. The summed E-state index contributed by atoms with van der Waals surface area (Å²) in [4.78, 5) is 27.6. The van der Waals surface area contributed by atoms with E-state index in [1.807, 2.05) is 42.5 Å². The van der Waals surface area contributed by atoms with E-state index in [1.165, 1.54) is 16.7 Å². The summed E-state index contributed by atoms with van der Waals surface area (Å²) in [5.74, 6) is -0.222. The van der Waals surface area contributed by atoms with Crippen LogP contribution in [-0.2, 0) is 16.1 Å². The van der Waals surface area contributed by atoms with Gasteiger partial charge >= 0.3 is 0 Å². The number of nitrogens with one attached hydrogen (secondary N) is 1. The molecule has 8 heteroatoms. The molecule has 0 spiro atoms. The van der Waals surface area contributed by atoms with Gasteiger partial charge in [-0.05, 0) is 22.6 Å². The van der Waals surface area contributed by atoms with Crippen LogP contribution in [0.25, 0.3) is 0 Å². The number of halogens is 1. The molecule has 2 heterocycles. The molecule has 1 aliphatic heterocycles. The van der Waals surface area contributed by atoms with Crippen molar-refractivity contribution in [1.82, 2.24) is 25.2 Å². The number of hydrogen-bond acceptors (Lipinski definition) is 4. The molecule has 3 atom stereocenters. The molecule has 1 aliphatic rings. The lowest BCUT2D eigenvalue weighted by molar-refractivity contribution is -0.138. The van der Waals surface area contributed by atoms with Crippen LogP contribution in [-0.4, -0.2) is 50.5 Å². The maximum Gasteiger partial charge on any atom is 0.243 e. The number of nitrogens with zero attached hydrogens (tertiary/aromatic N) is 4. The van der Waals surface area contributed by atoms with E-state index in [4.69, 9.17) is 0 Å². The predicted molar refractivity (Wildman–Crippen MR) is 127 cm³/mol. The fraction of sp³-hybridized carbons (Fsp3) is 0.385. The van der Waals surface area contributed by atoms with Crippen molar-refractivity contribution in [3.8, 4) is 0 Å². The number of likely N-dealkylation sites (tertiary alicyclic amines) is 1. The Morgan fingerprint density at radius 3 is 2.38 bits per heavy atom. The molecule has 178 valence electrons. The first-order chi connectivity index (χ1) is 16.4.